The van der Waals surface area contributed by atoms with Crippen LogP contribution >= 0.6 is 0 Å². The van der Waals surface area contributed by atoms with Gasteiger partial charge >= 0.3 is 0 Å². The Balaban J connectivity index is 1.85. The third-order valence-electron chi connectivity index (χ3n) is 5.78. The highest BCUT2D eigenvalue weighted by molar-refractivity contribution is 5.82. The average molecular weight is 295 g/mol. The standard InChI is InChI=1S/C18H33NO2/c1-13(20)14-7-9-19(10-8-14)12-15-11-16(18(2,3)4)5-6-17(15)21/h13-16,20H,5-12H2,1-4H3. The number of rotatable bonds is 3. The first-order valence-corrected chi connectivity index (χ1v) is 8.70. The molecule has 0 bridgehead atoms. The van der Waals surface area contributed by atoms with E-state index >= 15 is 0 Å². The molecule has 122 valence electrons. The SMILES string of the molecule is CC(O)C1CCN(CC2CC(C(C)(C)C)CCC2=O)CC1. The van der Waals surface area contributed by atoms with Crippen LogP contribution in [0.25, 0.3) is 0 Å². The van der Waals surface area contributed by atoms with Gasteiger partial charge in [0.2, 0.25) is 0 Å². The van der Waals surface area contributed by atoms with Crippen molar-refractivity contribution < 1.29 is 9.90 Å². The zero-order chi connectivity index (χ0) is 15.6. The van der Waals surface area contributed by atoms with Crippen LogP contribution in [-0.4, -0.2) is 41.5 Å². The van der Waals surface area contributed by atoms with Crippen molar-refractivity contribution in [3.63, 3.8) is 0 Å². The van der Waals surface area contributed by atoms with Crippen LogP contribution in [-0.2, 0) is 4.79 Å². The van der Waals surface area contributed by atoms with Crippen LogP contribution < -0.4 is 0 Å². The van der Waals surface area contributed by atoms with Crippen molar-refractivity contribution in [2.75, 3.05) is 19.6 Å². The van der Waals surface area contributed by atoms with Gasteiger partial charge in [0.25, 0.3) is 0 Å². The van der Waals surface area contributed by atoms with Gasteiger partial charge in [-0.1, -0.05) is 20.8 Å². The van der Waals surface area contributed by atoms with Crippen molar-refractivity contribution >= 4 is 5.78 Å². The van der Waals surface area contributed by atoms with Gasteiger partial charge in [-0.15, -0.1) is 0 Å². The lowest BCUT2D eigenvalue weighted by Crippen LogP contribution is -2.43. The van der Waals surface area contributed by atoms with Crippen LogP contribution in [0.1, 0.15) is 59.8 Å². The summed E-state index contributed by atoms with van der Waals surface area (Å²) in [5, 5.41) is 9.68. The molecular weight excluding hydrogens is 262 g/mol. The van der Waals surface area contributed by atoms with Crippen LogP contribution in [0.15, 0.2) is 0 Å². The number of hydrogen-bond donors (Lipinski definition) is 1. The zero-order valence-electron chi connectivity index (χ0n) is 14.3. The van der Waals surface area contributed by atoms with Gasteiger partial charge in [0.1, 0.15) is 5.78 Å². The summed E-state index contributed by atoms with van der Waals surface area (Å²) >= 11 is 0. The molecule has 0 aromatic heterocycles. The summed E-state index contributed by atoms with van der Waals surface area (Å²) in [5.74, 6) is 1.85. The summed E-state index contributed by atoms with van der Waals surface area (Å²) in [7, 11) is 0. The maximum Gasteiger partial charge on any atom is 0.137 e. The van der Waals surface area contributed by atoms with Crippen LogP contribution in [0, 0.1) is 23.2 Å². The van der Waals surface area contributed by atoms with Crippen LogP contribution in [0.2, 0.25) is 0 Å². The number of aliphatic hydroxyl groups excluding tert-OH is 1. The molecule has 3 nitrogen and oxygen atoms in total. The minimum atomic E-state index is -0.186. The third kappa shape index (κ3) is 4.53. The maximum atomic E-state index is 12.2. The second-order valence-corrected chi connectivity index (χ2v) is 8.38. The first kappa shape index (κ1) is 17.0. The second kappa shape index (κ2) is 6.78. The Kier molecular flexibility index (Phi) is 5.48. The predicted molar refractivity (Wildman–Crippen MR) is 86.1 cm³/mol. The van der Waals surface area contributed by atoms with Gasteiger partial charge in [0, 0.05) is 18.9 Å². The summed E-state index contributed by atoms with van der Waals surface area (Å²) < 4.78 is 0. The summed E-state index contributed by atoms with van der Waals surface area (Å²) in [6.45, 7) is 11.8. The zero-order valence-corrected chi connectivity index (χ0v) is 14.3. The number of aliphatic hydroxyl groups is 1. The molecule has 2 rings (SSSR count). The Bertz CT molecular complexity index is 351. The van der Waals surface area contributed by atoms with Gasteiger partial charge in [-0.25, -0.2) is 0 Å². The molecule has 3 unspecified atom stereocenters. The molecule has 1 aliphatic heterocycles. The van der Waals surface area contributed by atoms with Crippen LogP contribution in [0.3, 0.4) is 0 Å². The van der Waals surface area contributed by atoms with Gasteiger partial charge in [-0.2, -0.15) is 0 Å². The van der Waals surface area contributed by atoms with E-state index in [4.69, 9.17) is 0 Å². The summed E-state index contributed by atoms with van der Waals surface area (Å²) in [6.07, 6.45) is 4.87. The first-order chi connectivity index (χ1) is 9.77. The summed E-state index contributed by atoms with van der Waals surface area (Å²) in [4.78, 5) is 14.7. The molecule has 1 aliphatic carbocycles. The molecule has 3 heteroatoms. The molecule has 0 aromatic carbocycles. The van der Waals surface area contributed by atoms with E-state index in [-0.39, 0.29) is 12.0 Å². The minimum Gasteiger partial charge on any atom is -0.393 e. The third-order valence-corrected chi connectivity index (χ3v) is 5.78. The molecule has 1 saturated heterocycles. The molecule has 0 aromatic rings. The Morgan fingerprint density at radius 3 is 2.38 bits per heavy atom. The molecule has 1 N–H and O–H groups in total. The first-order valence-electron chi connectivity index (χ1n) is 8.70. The van der Waals surface area contributed by atoms with Gasteiger partial charge < -0.3 is 10.0 Å². The van der Waals surface area contributed by atoms with Crippen molar-refractivity contribution in [1.82, 2.24) is 4.90 Å². The average Bonchev–Trinajstić information content (AvgIpc) is 2.40. The minimum absolute atomic E-state index is 0.186. The highest BCUT2D eigenvalue weighted by atomic mass is 16.3. The van der Waals surface area contributed by atoms with Crippen molar-refractivity contribution in [1.29, 1.82) is 0 Å². The number of carbonyl (C=O) groups is 1. The fraction of sp³-hybridized carbons (Fsp3) is 0.944. The van der Waals surface area contributed by atoms with E-state index in [9.17, 15) is 9.90 Å². The molecule has 3 atom stereocenters. The van der Waals surface area contributed by atoms with Crippen molar-refractivity contribution in [2.24, 2.45) is 23.2 Å². The lowest BCUT2D eigenvalue weighted by Gasteiger charge is -2.40. The topological polar surface area (TPSA) is 40.5 Å². The molecule has 0 radical (unpaired) electrons. The van der Waals surface area contributed by atoms with E-state index in [1.165, 1.54) is 0 Å². The molecule has 2 aliphatic rings. The molecule has 1 heterocycles. The van der Waals surface area contributed by atoms with Gasteiger partial charge in [0.05, 0.1) is 6.10 Å². The van der Waals surface area contributed by atoms with Crippen LogP contribution in [0.5, 0.6) is 0 Å². The van der Waals surface area contributed by atoms with E-state index in [0.29, 0.717) is 23.0 Å². The van der Waals surface area contributed by atoms with E-state index in [1.807, 2.05) is 6.92 Å². The number of hydrogen-bond acceptors (Lipinski definition) is 3. The smallest absolute Gasteiger partial charge is 0.137 e. The number of Topliss-reactive ketones (excluding diaryl/α,β-unsaturated/α-hetero) is 1. The fourth-order valence-electron chi connectivity index (χ4n) is 4.01. The number of likely N-dealkylation sites (tertiary alicyclic amines) is 1. The van der Waals surface area contributed by atoms with Crippen molar-refractivity contribution in [3.8, 4) is 0 Å². The second-order valence-electron chi connectivity index (χ2n) is 8.38. The van der Waals surface area contributed by atoms with Crippen molar-refractivity contribution in [2.45, 2.75) is 65.9 Å². The lowest BCUT2D eigenvalue weighted by atomic mass is 9.68. The lowest BCUT2D eigenvalue weighted by molar-refractivity contribution is -0.127. The van der Waals surface area contributed by atoms with Gasteiger partial charge in [-0.05, 0) is 62.9 Å². The predicted octanol–water partition coefficient (Wildman–Crippen LogP) is 3.11. The van der Waals surface area contributed by atoms with Gasteiger partial charge in [-0.3, -0.25) is 4.79 Å². The molecule has 0 spiro atoms. The molecule has 2 fully saturated rings. The highest BCUT2D eigenvalue weighted by Crippen LogP contribution is 2.39. The normalized spacial score (nSPS) is 31.4. The molecule has 0 amide bonds. The van der Waals surface area contributed by atoms with Gasteiger partial charge in [0.15, 0.2) is 0 Å². The number of ketones is 1. The molecular formula is C18H33NO2. The largest absolute Gasteiger partial charge is 0.393 e. The molecule has 1 saturated carbocycles. The van der Waals surface area contributed by atoms with Crippen molar-refractivity contribution in [3.05, 3.63) is 0 Å². The quantitative estimate of drug-likeness (QED) is 0.869. The highest BCUT2D eigenvalue weighted by Gasteiger charge is 2.36. The number of piperidine rings is 1. The molecule has 21 heavy (non-hydrogen) atoms. The summed E-state index contributed by atoms with van der Waals surface area (Å²) in [6, 6.07) is 0. The Hall–Kier alpha value is -0.410. The van der Waals surface area contributed by atoms with Crippen LogP contribution in [0.4, 0.5) is 0 Å². The maximum absolute atomic E-state index is 12.2. The van der Waals surface area contributed by atoms with E-state index in [0.717, 1.165) is 51.7 Å². The number of nitrogens with zero attached hydrogens (tertiary/aromatic N) is 1. The summed E-state index contributed by atoms with van der Waals surface area (Å²) in [5.41, 5.74) is 0.318. The Labute approximate surface area is 130 Å². The van der Waals surface area contributed by atoms with E-state index < -0.39 is 0 Å². The Morgan fingerprint density at radius 1 is 1.24 bits per heavy atom. The Morgan fingerprint density at radius 2 is 1.86 bits per heavy atom. The monoisotopic (exact) mass is 295 g/mol. The number of carbonyl (C=O) groups excluding carboxylic acids is 1. The fourth-order valence-corrected chi connectivity index (χ4v) is 4.01. The van der Waals surface area contributed by atoms with E-state index in [1.54, 1.807) is 0 Å². The van der Waals surface area contributed by atoms with E-state index in [2.05, 4.69) is 25.7 Å².